The Hall–Kier alpha value is -3.28. The Balaban J connectivity index is 1.76. The maximum absolute atomic E-state index is 11.8. The van der Waals surface area contributed by atoms with Gasteiger partial charge in [0.2, 0.25) is 0 Å². The highest BCUT2D eigenvalue weighted by Gasteiger charge is 2.07. The lowest BCUT2D eigenvalue weighted by atomic mass is 10.2. The zero-order chi connectivity index (χ0) is 18.8. The fourth-order valence-electron chi connectivity index (χ4n) is 2.16. The molecule has 6 nitrogen and oxygen atoms in total. The van der Waals surface area contributed by atoms with Gasteiger partial charge in [-0.2, -0.15) is 0 Å². The Labute approximate surface area is 152 Å². The minimum absolute atomic E-state index is 0.288. The average Bonchev–Trinajstić information content (AvgIpc) is 2.69. The third-order valence-electron chi connectivity index (χ3n) is 3.49. The molecule has 2 aromatic carbocycles. The monoisotopic (exact) mass is 355 g/mol. The van der Waals surface area contributed by atoms with Crippen LogP contribution in [0.15, 0.2) is 54.6 Å². The van der Waals surface area contributed by atoms with Gasteiger partial charge in [0.05, 0.1) is 14.2 Å². The maximum Gasteiger partial charge on any atom is 0.331 e. The first kappa shape index (κ1) is 19.1. The van der Waals surface area contributed by atoms with Crippen molar-refractivity contribution in [2.24, 2.45) is 0 Å². The molecule has 0 aliphatic carbocycles. The van der Waals surface area contributed by atoms with Crippen molar-refractivity contribution in [3.05, 3.63) is 65.7 Å². The first-order chi connectivity index (χ1) is 12.6. The molecule has 0 saturated heterocycles. The standard InChI is InChI=1S/C20H21NO5/c1-24-17-10-8-16(12-18(17)25-2)13-21-19(22)14-26-20(23)11-9-15-6-4-3-5-7-15/h3-12H,13-14H2,1-2H3,(H,21,22). The SMILES string of the molecule is COc1ccc(CNC(=O)COC(=O)C=Cc2ccccc2)cc1OC. The van der Waals surface area contributed by atoms with Gasteiger partial charge in [0, 0.05) is 12.6 Å². The summed E-state index contributed by atoms with van der Waals surface area (Å²) >= 11 is 0. The van der Waals surface area contributed by atoms with E-state index < -0.39 is 5.97 Å². The molecule has 0 fully saturated rings. The second kappa shape index (κ2) is 9.88. The van der Waals surface area contributed by atoms with Gasteiger partial charge in [-0.15, -0.1) is 0 Å². The zero-order valence-electron chi connectivity index (χ0n) is 14.7. The highest BCUT2D eigenvalue weighted by atomic mass is 16.5. The summed E-state index contributed by atoms with van der Waals surface area (Å²) in [5, 5.41) is 2.68. The maximum atomic E-state index is 11.8. The summed E-state index contributed by atoms with van der Waals surface area (Å²) in [6.45, 7) is -0.0537. The lowest BCUT2D eigenvalue weighted by molar-refractivity contribution is -0.143. The molecule has 0 heterocycles. The van der Waals surface area contributed by atoms with E-state index in [1.165, 1.54) is 6.08 Å². The fraction of sp³-hybridized carbons (Fsp3) is 0.200. The Morgan fingerprint density at radius 3 is 2.42 bits per heavy atom. The summed E-state index contributed by atoms with van der Waals surface area (Å²) in [6.07, 6.45) is 2.92. The second-order valence-corrected chi connectivity index (χ2v) is 5.32. The number of ether oxygens (including phenoxy) is 3. The molecule has 2 aromatic rings. The minimum atomic E-state index is -0.574. The van der Waals surface area contributed by atoms with Crippen LogP contribution in [-0.4, -0.2) is 32.7 Å². The van der Waals surface area contributed by atoms with Crippen LogP contribution in [0.3, 0.4) is 0 Å². The number of carbonyl (C=O) groups is 2. The Morgan fingerprint density at radius 2 is 1.73 bits per heavy atom. The molecule has 0 unspecified atom stereocenters. The quantitative estimate of drug-likeness (QED) is 0.582. The molecule has 136 valence electrons. The van der Waals surface area contributed by atoms with Crippen molar-refractivity contribution in [2.45, 2.75) is 6.54 Å². The van der Waals surface area contributed by atoms with E-state index in [4.69, 9.17) is 14.2 Å². The van der Waals surface area contributed by atoms with Crippen LogP contribution in [0.4, 0.5) is 0 Å². The van der Waals surface area contributed by atoms with E-state index in [2.05, 4.69) is 5.32 Å². The molecule has 1 N–H and O–H groups in total. The molecule has 0 saturated carbocycles. The lowest BCUT2D eigenvalue weighted by Crippen LogP contribution is -2.28. The van der Waals surface area contributed by atoms with E-state index in [-0.39, 0.29) is 19.1 Å². The van der Waals surface area contributed by atoms with Crippen molar-refractivity contribution in [3.8, 4) is 11.5 Å². The van der Waals surface area contributed by atoms with Gasteiger partial charge < -0.3 is 19.5 Å². The zero-order valence-corrected chi connectivity index (χ0v) is 14.7. The number of benzene rings is 2. The highest BCUT2D eigenvalue weighted by Crippen LogP contribution is 2.27. The van der Waals surface area contributed by atoms with Gasteiger partial charge in [0.1, 0.15) is 0 Å². The summed E-state index contributed by atoms with van der Waals surface area (Å²) in [7, 11) is 3.10. The first-order valence-corrected chi connectivity index (χ1v) is 8.00. The van der Waals surface area contributed by atoms with Crippen LogP contribution < -0.4 is 14.8 Å². The Kier molecular flexibility index (Phi) is 7.24. The molecule has 0 atom stereocenters. The van der Waals surface area contributed by atoms with Gasteiger partial charge in [-0.3, -0.25) is 4.79 Å². The summed E-state index contributed by atoms with van der Waals surface area (Å²) in [5.41, 5.74) is 1.72. The van der Waals surface area contributed by atoms with Crippen LogP contribution in [0.1, 0.15) is 11.1 Å². The van der Waals surface area contributed by atoms with Gasteiger partial charge in [0.25, 0.3) is 5.91 Å². The van der Waals surface area contributed by atoms with Crippen LogP contribution in [0.5, 0.6) is 11.5 Å². The Morgan fingerprint density at radius 1 is 1.00 bits per heavy atom. The largest absolute Gasteiger partial charge is 0.493 e. The number of hydrogen-bond acceptors (Lipinski definition) is 5. The average molecular weight is 355 g/mol. The Bertz CT molecular complexity index is 771. The summed E-state index contributed by atoms with van der Waals surface area (Å²) in [6, 6.07) is 14.7. The van der Waals surface area contributed by atoms with Crippen LogP contribution >= 0.6 is 0 Å². The molecule has 2 rings (SSSR count). The number of amides is 1. The molecule has 0 aliphatic rings. The second-order valence-electron chi connectivity index (χ2n) is 5.32. The third kappa shape index (κ3) is 5.98. The van der Waals surface area contributed by atoms with Crippen molar-refractivity contribution in [3.63, 3.8) is 0 Å². The molecule has 1 amide bonds. The van der Waals surface area contributed by atoms with E-state index in [0.717, 1.165) is 11.1 Å². The van der Waals surface area contributed by atoms with E-state index in [9.17, 15) is 9.59 Å². The van der Waals surface area contributed by atoms with Crippen molar-refractivity contribution in [1.82, 2.24) is 5.32 Å². The fourth-order valence-corrected chi connectivity index (χ4v) is 2.16. The van der Waals surface area contributed by atoms with Crippen molar-refractivity contribution in [1.29, 1.82) is 0 Å². The van der Waals surface area contributed by atoms with Gasteiger partial charge in [-0.05, 0) is 29.3 Å². The van der Waals surface area contributed by atoms with E-state index in [1.807, 2.05) is 36.4 Å². The first-order valence-electron chi connectivity index (χ1n) is 8.00. The summed E-state index contributed by atoms with van der Waals surface area (Å²) < 4.78 is 15.3. The topological polar surface area (TPSA) is 73.9 Å². The van der Waals surface area contributed by atoms with Crippen molar-refractivity contribution in [2.75, 3.05) is 20.8 Å². The molecular weight excluding hydrogens is 334 g/mol. The lowest BCUT2D eigenvalue weighted by Gasteiger charge is -2.10. The van der Waals surface area contributed by atoms with Gasteiger partial charge in [-0.1, -0.05) is 36.4 Å². The highest BCUT2D eigenvalue weighted by molar-refractivity contribution is 5.89. The van der Waals surface area contributed by atoms with Gasteiger partial charge in [0.15, 0.2) is 18.1 Å². The van der Waals surface area contributed by atoms with E-state index in [0.29, 0.717) is 11.5 Å². The molecule has 6 heteroatoms. The smallest absolute Gasteiger partial charge is 0.331 e. The van der Waals surface area contributed by atoms with Crippen molar-refractivity contribution >= 4 is 18.0 Å². The van der Waals surface area contributed by atoms with Crippen molar-refractivity contribution < 1.29 is 23.8 Å². The molecule has 0 aliphatic heterocycles. The predicted octanol–water partition coefficient (Wildman–Crippen LogP) is 2.58. The van der Waals surface area contributed by atoms with Gasteiger partial charge >= 0.3 is 5.97 Å². The molecule has 0 aromatic heterocycles. The van der Waals surface area contributed by atoms with Crippen LogP contribution in [0, 0.1) is 0 Å². The number of hydrogen-bond donors (Lipinski definition) is 1. The van der Waals surface area contributed by atoms with E-state index >= 15 is 0 Å². The molecule has 0 spiro atoms. The molecule has 0 radical (unpaired) electrons. The number of carbonyl (C=O) groups excluding carboxylic acids is 2. The third-order valence-corrected chi connectivity index (χ3v) is 3.49. The number of methoxy groups -OCH3 is 2. The number of esters is 1. The number of nitrogens with one attached hydrogen (secondary N) is 1. The van der Waals surface area contributed by atoms with Crippen LogP contribution in [0.2, 0.25) is 0 Å². The van der Waals surface area contributed by atoms with Crippen LogP contribution in [0.25, 0.3) is 6.08 Å². The summed E-state index contributed by atoms with van der Waals surface area (Å²) in [4.78, 5) is 23.4. The van der Waals surface area contributed by atoms with Crippen LogP contribution in [-0.2, 0) is 20.9 Å². The normalized spacial score (nSPS) is 10.4. The molecule has 0 bridgehead atoms. The summed E-state index contributed by atoms with van der Waals surface area (Å²) in [5.74, 6) is 0.231. The van der Waals surface area contributed by atoms with E-state index in [1.54, 1.807) is 32.4 Å². The molecule has 26 heavy (non-hydrogen) atoms. The number of rotatable bonds is 8. The molecular formula is C20H21NO5. The minimum Gasteiger partial charge on any atom is -0.493 e. The predicted molar refractivity (Wildman–Crippen MR) is 97.8 cm³/mol. The van der Waals surface area contributed by atoms with Gasteiger partial charge in [-0.25, -0.2) is 4.79 Å².